The number of hydrogen-bond acceptors (Lipinski definition) is 4. The zero-order chi connectivity index (χ0) is 10.4. The van der Waals surface area contributed by atoms with Gasteiger partial charge in [0.25, 0.3) is 0 Å². The molecule has 0 N–H and O–H groups in total. The Kier molecular flexibility index (Phi) is 5.23. The summed E-state index contributed by atoms with van der Waals surface area (Å²) in [5.41, 5.74) is 0. The maximum absolute atomic E-state index is 5.54. The van der Waals surface area contributed by atoms with Crippen LogP contribution >= 0.6 is 12.6 Å². The first-order valence-electron chi connectivity index (χ1n) is 5.18. The summed E-state index contributed by atoms with van der Waals surface area (Å²) in [6.45, 7) is 10.4. The molecule has 3 nitrogen and oxygen atoms in total. The predicted molar refractivity (Wildman–Crippen MR) is 61.1 cm³/mol. The Labute approximate surface area is 92.2 Å². The Hall–Kier alpha value is 0.230. The highest BCUT2D eigenvalue weighted by molar-refractivity contribution is 7.81. The van der Waals surface area contributed by atoms with Crippen LogP contribution in [0.4, 0.5) is 0 Å². The highest BCUT2D eigenvalue weighted by Crippen LogP contribution is 2.11. The van der Waals surface area contributed by atoms with Gasteiger partial charge in [0.1, 0.15) is 0 Å². The molecule has 0 saturated carbocycles. The van der Waals surface area contributed by atoms with Crippen molar-refractivity contribution in [2.24, 2.45) is 0 Å². The first kappa shape index (κ1) is 12.3. The molecule has 1 rings (SSSR count). The van der Waals surface area contributed by atoms with Gasteiger partial charge in [-0.1, -0.05) is 0 Å². The average molecular weight is 219 g/mol. The Bertz CT molecular complexity index is 153. The van der Waals surface area contributed by atoms with Gasteiger partial charge in [0.05, 0.1) is 26.4 Å². The van der Waals surface area contributed by atoms with E-state index in [9.17, 15) is 0 Å². The molecule has 0 bridgehead atoms. The molecule has 1 heterocycles. The lowest BCUT2D eigenvalue weighted by Crippen LogP contribution is -2.38. The van der Waals surface area contributed by atoms with Crippen LogP contribution in [0.5, 0.6) is 0 Å². The summed E-state index contributed by atoms with van der Waals surface area (Å²) in [5, 5.41) is 0. The van der Waals surface area contributed by atoms with Crippen LogP contribution in [0.2, 0.25) is 0 Å². The third-order valence-corrected chi connectivity index (χ3v) is 2.24. The first-order chi connectivity index (χ1) is 6.58. The lowest BCUT2D eigenvalue weighted by Gasteiger charge is -2.27. The van der Waals surface area contributed by atoms with Gasteiger partial charge in [-0.2, -0.15) is 12.6 Å². The number of hydrogen-bond donors (Lipinski definition) is 1. The van der Waals surface area contributed by atoms with E-state index >= 15 is 0 Å². The molecule has 1 aliphatic heterocycles. The molecule has 0 aromatic rings. The molecule has 0 spiro atoms. The summed E-state index contributed by atoms with van der Waals surface area (Å²) < 4.78 is 10.8. The maximum atomic E-state index is 5.54. The molecule has 0 aromatic carbocycles. The molecule has 0 radical (unpaired) electrons. The van der Waals surface area contributed by atoms with Crippen molar-refractivity contribution < 1.29 is 9.47 Å². The predicted octanol–water partition coefficient (Wildman–Crippen LogP) is 1.04. The van der Waals surface area contributed by atoms with Crippen molar-refractivity contribution in [2.75, 3.05) is 46.1 Å². The largest absolute Gasteiger partial charge is 0.379 e. The minimum absolute atomic E-state index is 0.0228. The van der Waals surface area contributed by atoms with Crippen molar-refractivity contribution in [3.8, 4) is 0 Å². The van der Waals surface area contributed by atoms with E-state index in [-0.39, 0.29) is 4.75 Å². The lowest BCUT2D eigenvalue weighted by atomic mass is 10.2. The van der Waals surface area contributed by atoms with Crippen molar-refractivity contribution in [1.29, 1.82) is 0 Å². The van der Waals surface area contributed by atoms with Crippen LogP contribution < -0.4 is 0 Å². The van der Waals surface area contributed by atoms with Crippen LogP contribution in [-0.4, -0.2) is 55.7 Å². The molecular weight excluding hydrogens is 198 g/mol. The summed E-state index contributed by atoms with van der Waals surface area (Å²) in [6, 6.07) is 0. The number of thiol groups is 1. The monoisotopic (exact) mass is 219 g/mol. The van der Waals surface area contributed by atoms with Crippen molar-refractivity contribution >= 4 is 12.6 Å². The van der Waals surface area contributed by atoms with Crippen molar-refractivity contribution in [1.82, 2.24) is 4.90 Å². The van der Waals surface area contributed by atoms with Gasteiger partial charge >= 0.3 is 0 Å². The number of ether oxygens (including phenoxy) is 2. The topological polar surface area (TPSA) is 21.7 Å². The standard InChI is InChI=1S/C10H21NO2S/c1-10(2,14)9-13-8-5-11-3-6-12-7-4-11/h14H,3-9H2,1-2H3. The number of nitrogens with zero attached hydrogens (tertiary/aromatic N) is 1. The normalized spacial score (nSPS) is 19.9. The van der Waals surface area contributed by atoms with Gasteiger partial charge in [-0.25, -0.2) is 0 Å². The Balaban J connectivity index is 1.97. The second-order valence-electron chi connectivity index (χ2n) is 4.32. The molecule has 14 heavy (non-hydrogen) atoms. The van der Waals surface area contributed by atoms with E-state index in [1.54, 1.807) is 0 Å². The van der Waals surface area contributed by atoms with Crippen molar-refractivity contribution in [3.63, 3.8) is 0 Å². The van der Waals surface area contributed by atoms with Crippen LogP contribution in [0.15, 0.2) is 0 Å². The second-order valence-corrected chi connectivity index (χ2v) is 5.53. The van der Waals surface area contributed by atoms with Gasteiger partial charge in [-0.15, -0.1) is 0 Å². The van der Waals surface area contributed by atoms with Crippen LogP contribution in [0.25, 0.3) is 0 Å². The molecule has 1 aliphatic rings. The fourth-order valence-corrected chi connectivity index (χ4v) is 1.43. The summed E-state index contributed by atoms with van der Waals surface area (Å²) in [5.74, 6) is 0. The maximum Gasteiger partial charge on any atom is 0.0605 e. The van der Waals surface area contributed by atoms with Crippen molar-refractivity contribution in [2.45, 2.75) is 18.6 Å². The number of morpholine rings is 1. The molecule has 0 atom stereocenters. The minimum atomic E-state index is -0.0228. The second kappa shape index (κ2) is 5.95. The van der Waals surface area contributed by atoms with Gasteiger partial charge in [0.2, 0.25) is 0 Å². The van der Waals surface area contributed by atoms with E-state index in [2.05, 4.69) is 31.4 Å². The zero-order valence-corrected chi connectivity index (χ0v) is 10.1. The van der Waals surface area contributed by atoms with E-state index in [1.165, 1.54) is 0 Å². The molecule has 0 aromatic heterocycles. The van der Waals surface area contributed by atoms with Crippen LogP contribution in [-0.2, 0) is 9.47 Å². The Morgan fingerprint density at radius 1 is 1.36 bits per heavy atom. The molecule has 1 fully saturated rings. The third-order valence-electron chi connectivity index (χ3n) is 2.11. The van der Waals surface area contributed by atoms with Crippen LogP contribution in [0, 0.1) is 0 Å². The molecule has 0 amide bonds. The number of rotatable bonds is 5. The van der Waals surface area contributed by atoms with Gasteiger partial charge in [-0.3, -0.25) is 4.90 Å². The fraction of sp³-hybridized carbons (Fsp3) is 1.00. The van der Waals surface area contributed by atoms with E-state index in [1.807, 2.05) is 0 Å². The Morgan fingerprint density at radius 3 is 2.57 bits per heavy atom. The third kappa shape index (κ3) is 5.86. The molecule has 1 saturated heterocycles. The van der Waals surface area contributed by atoms with E-state index in [0.29, 0.717) is 6.61 Å². The summed E-state index contributed by atoms with van der Waals surface area (Å²) in [4.78, 5) is 2.37. The molecule has 84 valence electrons. The van der Waals surface area contributed by atoms with Gasteiger partial charge in [0.15, 0.2) is 0 Å². The highest BCUT2D eigenvalue weighted by atomic mass is 32.1. The summed E-state index contributed by atoms with van der Waals surface area (Å²) in [7, 11) is 0. The van der Waals surface area contributed by atoms with Crippen LogP contribution in [0.1, 0.15) is 13.8 Å². The van der Waals surface area contributed by atoms with Gasteiger partial charge < -0.3 is 9.47 Å². The first-order valence-corrected chi connectivity index (χ1v) is 5.63. The minimum Gasteiger partial charge on any atom is -0.379 e. The molecule has 4 heteroatoms. The summed E-state index contributed by atoms with van der Waals surface area (Å²) >= 11 is 4.40. The Morgan fingerprint density at radius 2 is 2.00 bits per heavy atom. The van der Waals surface area contributed by atoms with E-state index < -0.39 is 0 Å². The van der Waals surface area contributed by atoms with Crippen molar-refractivity contribution in [3.05, 3.63) is 0 Å². The molecule has 0 aliphatic carbocycles. The van der Waals surface area contributed by atoms with E-state index in [4.69, 9.17) is 9.47 Å². The highest BCUT2D eigenvalue weighted by Gasteiger charge is 2.12. The molecule has 0 unspecified atom stereocenters. The average Bonchev–Trinajstić information content (AvgIpc) is 2.13. The van der Waals surface area contributed by atoms with Crippen LogP contribution in [0.3, 0.4) is 0 Å². The lowest BCUT2D eigenvalue weighted by molar-refractivity contribution is 0.0187. The summed E-state index contributed by atoms with van der Waals surface area (Å²) in [6.07, 6.45) is 0. The quantitative estimate of drug-likeness (QED) is 0.552. The molecular formula is C10H21NO2S. The van der Waals surface area contributed by atoms with Gasteiger partial charge in [-0.05, 0) is 13.8 Å². The smallest absolute Gasteiger partial charge is 0.0605 e. The van der Waals surface area contributed by atoms with Gasteiger partial charge in [0, 0.05) is 24.4 Å². The van der Waals surface area contributed by atoms with E-state index in [0.717, 1.165) is 39.5 Å². The fourth-order valence-electron chi connectivity index (χ4n) is 1.34. The SMILES string of the molecule is CC(C)(S)COCCN1CCOCC1. The zero-order valence-electron chi connectivity index (χ0n) is 9.16.